The molecule has 1 atom stereocenters. The molecule has 1 aliphatic rings. The second-order valence-corrected chi connectivity index (χ2v) is 5.79. The normalized spacial score (nSPS) is 15.5. The van der Waals surface area contributed by atoms with Crippen LogP contribution in [0.4, 0.5) is 0 Å². The Morgan fingerprint density at radius 3 is 2.73 bits per heavy atom. The lowest BCUT2D eigenvalue weighted by Crippen LogP contribution is -2.41. The molecule has 1 aliphatic carbocycles. The molecule has 0 amide bonds. The summed E-state index contributed by atoms with van der Waals surface area (Å²) >= 11 is 0. The van der Waals surface area contributed by atoms with Crippen molar-refractivity contribution in [2.24, 2.45) is 4.99 Å². The van der Waals surface area contributed by atoms with Gasteiger partial charge in [-0.3, -0.25) is 4.99 Å². The molecule has 3 N–H and O–H groups in total. The molecule has 0 saturated carbocycles. The van der Waals surface area contributed by atoms with Gasteiger partial charge in [-0.15, -0.1) is 24.0 Å². The third kappa shape index (κ3) is 4.76. The number of aryl methyl sites for hydroxylation is 1. The number of nitrogens with zero attached hydrogens (tertiary/aromatic N) is 1. The lowest BCUT2D eigenvalue weighted by atomic mass is 9.88. The fraction of sp³-hybridized carbons (Fsp3) is 0.588. The minimum atomic E-state index is 0. The van der Waals surface area contributed by atoms with Crippen molar-refractivity contribution < 1.29 is 5.11 Å². The first-order chi connectivity index (χ1) is 10.2. The minimum absolute atomic E-state index is 0. The Kier molecular flexibility index (Phi) is 8.00. The highest BCUT2D eigenvalue weighted by Crippen LogP contribution is 2.30. The Bertz CT molecular complexity index is 517. The number of phenols is 1. The van der Waals surface area contributed by atoms with Gasteiger partial charge in [-0.25, -0.2) is 0 Å². The molecule has 1 aromatic rings. The molecule has 0 spiro atoms. The number of benzene rings is 1. The molecule has 0 aromatic heterocycles. The summed E-state index contributed by atoms with van der Waals surface area (Å²) in [6.45, 7) is 4.89. The maximum absolute atomic E-state index is 10.2. The molecule has 4 nitrogen and oxygen atoms in total. The second kappa shape index (κ2) is 9.22. The van der Waals surface area contributed by atoms with E-state index in [1.165, 1.54) is 24.0 Å². The van der Waals surface area contributed by atoms with Crippen molar-refractivity contribution in [2.45, 2.75) is 58.5 Å². The van der Waals surface area contributed by atoms with E-state index in [0.29, 0.717) is 18.3 Å². The summed E-state index contributed by atoms with van der Waals surface area (Å²) in [5.74, 6) is 1.18. The molecule has 1 aromatic carbocycles. The summed E-state index contributed by atoms with van der Waals surface area (Å²) in [5.41, 5.74) is 3.74. The molecule has 2 rings (SSSR count). The predicted molar refractivity (Wildman–Crippen MR) is 103 cm³/mol. The van der Waals surface area contributed by atoms with Gasteiger partial charge in [0.15, 0.2) is 5.96 Å². The maximum atomic E-state index is 10.2. The lowest BCUT2D eigenvalue weighted by molar-refractivity contribution is 0.464. The van der Waals surface area contributed by atoms with Crippen LogP contribution in [0.25, 0.3) is 0 Å². The number of guanidine groups is 1. The van der Waals surface area contributed by atoms with E-state index in [9.17, 15) is 5.11 Å². The largest absolute Gasteiger partial charge is 0.508 e. The summed E-state index contributed by atoms with van der Waals surface area (Å²) < 4.78 is 0. The molecule has 5 heteroatoms. The Morgan fingerprint density at radius 2 is 2.05 bits per heavy atom. The predicted octanol–water partition coefficient (Wildman–Crippen LogP) is 3.35. The van der Waals surface area contributed by atoms with Crippen molar-refractivity contribution in [3.63, 3.8) is 0 Å². The summed E-state index contributed by atoms with van der Waals surface area (Å²) in [6, 6.07) is 4.28. The van der Waals surface area contributed by atoms with Gasteiger partial charge in [0.2, 0.25) is 0 Å². The van der Waals surface area contributed by atoms with Crippen LogP contribution < -0.4 is 10.6 Å². The lowest BCUT2D eigenvalue weighted by Gasteiger charge is -2.22. The molecule has 0 fully saturated rings. The smallest absolute Gasteiger partial charge is 0.191 e. The first-order valence-corrected chi connectivity index (χ1v) is 7.95. The van der Waals surface area contributed by atoms with Crippen LogP contribution in [0.5, 0.6) is 5.75 Å². The minimum Gasteiger partial charge on any atom is -0.508 e. The van der Waals surface area contributed by atoms with Crippen LogP contribution in [-0.2, 0) is 19.4 Å². The van der Waals surface area contributed by atoms with E-state index in [4.69, 9.17) is 0 Å². The van der Waals surface area contributed by atoms with Gasteiger partial charge >= 0.3 is 0 Å². The van der Waals surface area contributed by atoms with Gasteiger partial charge in [-0.2, -0.15) is 0 Å². The van der Waals surface area contributed by atoms with Crippen LogP contribution in [-0.4, -0.2) is 24.2 Å². The number of aromatic hydroxyl groups is 1. The molecule has 124 valence electrons. The van der Waals surface area contributed by atoms with E-state index in [1.807, 2.05) is 6.07 Å². The monoisotopic (exact) mass is 417 g/mol. The molecular weight excluding hydrogens is 389 g/mol. The maximum Gasteiger partial charge on any atom is 0.191 e. The van der Waals surface area contributed by atoms with Gasteiger partial charge in [-0.05, 0) is 56.2 Å². The van der Waals surface area contributed by atoms with E-state index in [-0.39, 0.29) is 24.0 Å². The van der Waals surface area contributed by atoms with E-state index in [0.717, 1.165) is 30.8 Å². The summed E-state index contributed by atoms with van der Waals surface area (Å²) in [5, 5.41) is 16.8. The van der Waals surface area contributed by atoms with E-state index < -0.39 is 0 Å². The zero-order valence-electron chi connectivity index (χ0n) is 13.8. The Balaban J connectivity index is 0.00000242. The van der Waals surface area contributed by atoms with Gasteiger partial charge in [0.1, 0.15) is 5.75 Å². The SMILES string of the molecule is CCC(C)NC(=NC)NCc1c(O)ccc2c1CCCC2.I. The molecule has 0 aliphatic heterocycles. The number of fused-ring (bicyclic) bond motifs is 1. The molecule has 1 unspecified atom stereocenters. The third-order valence-corrected chi connectivity index (χ3v) is 4.28. The fourth-order valence-corrected chi connectivity index (χ4v) is 2.79. The molecule has 0 bridgehead atoms. The number of phenolic OH excluding ortho intramolecular Hbond substituents is 1. The van der Waals surface area contributed by atoms with Crippen molar-refractivity contribution in [1.82, 2.24) is 10.6 Å². The highest BCUT2D eigenvalue weighted by atomic mass is 127. The number of hydrogen-bond acceptors (Lipinski definition) is 2. The zero-order chi connectivity index (χ0) is 15.2. The first-order valence-electron chi connectivity index (χ1n) is 7.95. The van der Waals surface area contributed by atoms with Crippen LogP contribution >= 0.6 is 24.0 Å². The molecule has 0 heterocycles. The van der Waals surface area contributed by atoms with Crippen LogP contribution in [0.15, 0.2) is 17.1 Å². The number of halogens is 1. The Labute approximate surface area is 150 Å². The van der Waals surface area contributed by atoms with Gasteiger partial charge in [-0.1, -0.05) is 13.0 Å². The van der Waals surface area contributed by atoms with Crippen LogP contribution in [0.1, 0.15) is 49.8 Å². The van der Waals surface area contributed by atoms with Crippen LogP contribution in [0, 0.1) is 0 Å². The first kappa shape index (κ1) is 19.1. The van der Waals surface area contributed by atoms with E-state index in [2.05, 4.69) is 35.5 Å². The van der Waals surface area contributed by atoms with Crippen molar-refractivity contribution in [2.75, 3.05) is 7.05 Å². The average molecular weight is 417 g/mol. The highest BCUT2D eigenvalue weighted by Gasteiger charge is 2.16. The molecular formula is C17H28IN3O. The third-order valence-electron chi connectivity index (χ3n) is 4.28. The molecule has 0 saturated heterocycles. The quantitative estimate of drug-likeness (QED) is 0.400. The number of rotatable bonds is 4. The fourth-order valence-electron chi connectivity index (χ4n) is 2.79. The summed E-state index contributed by atoms with van der Waals surface area (Å²) in [4.78, 5) is 4.25. The second-order valence-electron chi connectivity index (χ2n) is 5.79. The van der Waals surface area contributed by atoms with Crippen molar-refractivity contribution in [3.05, 3.63) is 28.8 Å². The summed E-state index contributed by atoms with van der Waals surface area (Å²) in [7, 11) is 1.78. The average Bonchev–Trinajstić information content (AvgIpc) is 2.52. The van der Waals surface area contributed by atoms with Crippen LogP contribution in [0.2, 0.25) is 0 Å². The van der Waals surface area contributed by atoms with Gasteiger partial charge < -0.3 is 15.7 Å². The van der Waals surface area contributed by atoms with Gasteiger partial charge in [0, 0.05) is 25.2 Å². The summed E-state index contributed by atoms with van der Waals surface area (Å²) in [6.07, 6.45) is 5.71. The number of hydrogen-bond donors (Lipinski definition) is 3. The number of aliphatic imine (C=N–C) groups is 1. The van der Waals surface area contributed by atoms with E-state index in [1.54, 1.807) is 7.05 Å². The molecule has 0 radical (unpaired) electrons. The zero-order valence-corrected chi connectivity index (χ0v) is 16.1. The number of nitrogens with one attached hydrogen (secondary N) is 2. The Morgan fingerprint density at radius 1 is 1.32 bits per heavy atom. The van der Waals surface area contributed by atoms with Crippen LogP contribution in [0.3, 0.4) is 0 Å². The standard InChI is InChI=1S/C17H27N3O.HI/c1-4-12(2)20-17(18-3)19-11-15-14-8-6-5-7-13(14)9-10-16(15)21;/h9-10,12,21H,4-8,11H2,1-3H3,(H2,18,19,20);1H. The highest BCUT2D eigenvalue weighted by molar-refractivity contribution is 14.0. The topological polar surface area (TPSA) is 56.7 Å². The van der Waals surface area contributed by atoms with Crippen molar-refractivity contribution in [1.29, 1.82) is 0 Å². The van der Waals surface area contributed by atoms with Gasteiger partial charge in [0.05, 0.1) is 0 Å². The van der Waals surface area contributed by atoms with Crippen molar-refractivity contribution in [3.8, 4) is 5.75 Å². The van der Waals surface area contributed by atoms with Crippen molar-refractivity contribution >= 4 is 29.9 Å². The molecule has 22 heavy (non-hydrogen) atoms. The van der Waals surface area contributed by atoms with E-state index >= 15 is 0 Å². The van der Waals surface area contributed by atoms with Gasteiger partial charge in [0.25, 0.3) is 0 Å². The Hall–Kier alpha value is -0.980.